The van der Waals surface area contributed by atoms with Gasteiger partial charge in [0.25, 0.3) is 5.91 Å². The molecule has 1 aliphatic rings. The summed E-state index contributed by atoms with van der Waals surface area (Å²) < 4.78 is 16.2. The van der Waals surface area contributed by atoms with Gasteiger partial charge in [-0.1, -0.05) is 24.3 Å². The van der Waals surface area contributed by atoms with E-state index in [9.17, 15) is 9.59 Å². The van der Waals surface area contributed by atoms with Gasteiger partial charge in [0.05, 0.1) is 24.3 Å². The van der Waals surface area contributed by atoms with Crippen LogP contribution in [0.3, 0.4) is 0 Å². The molecular formula is C20H18N2O5. The predicted molar refractivity (Wildman–Crippen MR) is 97.1 cm³/mol. The fourth-order valence-electron chi connectivity index (χ4n) is 2.94. The van der Waals surface area contributed by atoms with Crippen LogP contribution in [-0.4, -0.2) is 54.7 Å². The van der Waals surface area contributed by atoms with E-state index in [1.54, 1.807) is 29.2 Å². The number of para-hydroxylation sites is 2. The Morgan fingerprint density at radius 1 is 1.04 bits per heavy atom. The van der Waals surface area contributed by atoms with Crippen LogP contribution in [0.15, 0.2) is 52.9 Å². The summed E-state index contributed by atoms with van der Waals surface area (Å²) in [5, 5.41) is 0. The first-order valence-electron chi connectivity index (χ1n) is 8.70. The monoisotopic (exact) mass is 366 g/mol. The fourth-order valence-corrected chi connectivity index (χ4v) is 2.94. The molecule has 138 valence electrons. The predicted octanol–water partition coefficient (Wildman–Crippen LogP) is 2.51. The highest BCUT2D eigenvalue weighted by atomic mass is 16.5. The zero-order valence-corrected chi connectivity index (χ0v) is 14.6. The third-order valence-electron chi connectivity index (χ3n) is 4.36. The number of esters is 1. The van der Waals surface area contributed by atoms with E-state index in [0.29, 0.717) is 54.4 Å². The summed E-state index contributed by atoms with van der Waals surface area (Å²) >= 11 is 0. The Bertz CT molecular complexity index is 942. The molecule has 2 aromatic carbocycles. The third kappa shape index (κ3) is 3.68. The number of ether oxygens (including phenoxy) is 2. The van der Waals surface area contributed by atoms with Crippen LogP contribution in [-0.2, 0) is 14.3 Å². The summed E-state index contributed by atoms with van der Waals surface area (Å²) in [6.45, 7) is 1.72. The van der Waals surface area contributed by atoms with Crippen LogP contribution in [0.25, 0.3) is 22.6 Å². The molecule has 0 N–H and O–H groups in total. The van der Waals surface area contributed by atoms with E-state index in [0.717, 1.165) is 0 Å². The molecule has 4 rings (SSSR count). The Kier molecular flexibility index (Phi) is 4.84. The van der Waals surface area contributed by atoms with Gasteiger partial charge < -0.3 is 18.8 Å². The summed E-state index contributed by atoms with van der Waals surface area (Å²) in [5.41, 5.74) is 2.17. The Morgan fingerprint density at radius 3 is 2.59 bits per heavy atom. The summed E-state index contributed by atoms with van der Waals surface area (Å²) in [5.74, 6) is -0.483. The average molecular weight is 366 g/mol. The van der Waals surface area contributed by atoms with Crippen molar-refractivity contribution in [3.63, 3.8) is 0 Å². The van der Waals surface area contributed by atoms with Crippen molar-refractivity contribution in [2.75, 3.05) is 32.9 Å². The standard InChI is InChI=1S/C20H18N2O5/c23-18(22-9-11-25-12-10-22)13-26-20(24)15-6-2-1-5-14(15)19-21-16-7-3-4-8-17(16)27-19/h1-8H,9-13H2. The molecule has 0 atom stereocenters. The highest BCUT2D eigenvalue weighted by Crippen LogP contribution is 2.27. The quantitative estimate of drug-likeness (QED) is 0.660. The molecule has 1 amide bonds. The van der Waals surface area contributed by atoms with E-state index in [4.69, 9.17) is 13.9 Å². The van der Waals surface area contributed by atoms with E-state index in [1.165, 1.54) is 0 Å². The summed E-state index contributed by atoms with van der Waals surface area (Å²) in [6.07, 6.45) is 0. The summed E-state index contributed by atoms with van der Waals surface area (Å²) in [7, 11) is 0. The molecule has 0 radical (unpaired) electrons. The lowest BCUT2D eigenvalue weighted by atomic mass is 10.1. The van der Waals surface area contributed by atoms with E-state index in [2.05, 4.69) is 4.98 Å². The molecule has 7 heteroatoms. The van der Waals surface area contributed by atoms with Crippen molar-refractivity contribution >= 4 is 23.0 Å². The molecule has 0 spiro atoms. The van der Waals surface area contributed by atoms with Gasteiger partial charge in [0.1, 0.15) is 5.52 Å². The number of morpholine rings is 1. The number of oxazole rings is 1. The van der Waals surface area contributed by atoms with Crippen molar-refractivity contribution < 1.29 is 23.5 Å². The van der Waals surface area contributed by atoms with Gasteiger partial charge in [0, 0.05) is 13.1 Å². The molecule has 1 aromatic heterocycles. The van der Waals surface area contributed by atoms with E-state index >= 15 is 0 Å². The van der Waals surface area contributed by atoms with E-state index < -0.39 is 5.97 Å². The molecule has 0 unspecified atom stereocenters. The van der Waals surface area contributed by atoms with Crippen molar-refractivity contribution in [3.05, 3.63) is 54.1 Å². The number of fused-ring (bicyclic) bond motifs is 1. The summed E-state index contributed by atoms with van der Waals surface area (Å²) in [4.78, 5) is 30.8. The number of hydrogen-bond acceptors (Lipinski definition) is 6. The van der Waals surface area contributed by atoms with Gasteiger partial charge in [-0.05, 0) is 24.3 Å². The van der Waals surface area contributed by atoms with Crippen LogP contribution in [0.2, 0.25) is 0 Å². The van der Waals surface area contributed by atoms with Gasteiger partial charge in [-0.2, -0.15) is 0 Å². The molecular weight excluding hydrogens is 348 g/mol. The van der Waals surface area contributed by atoms with Crippen LogP contribution < -0.4 is 0 Å². The van der Waals surface area contributed by atoms with Gasteiger partial charge in [-0.25, -0.2) is 9.78 Å². The number of carbonyl (C=O) groups excluding carboxylic acids is 2. The second-order valence-electron chi connectivity index (χ2n) is 6.10. The molecule has 1 saturated heterocycles. The molecule has 2 heterocycles. The highest BCUT2D eigenvalue weighted by Gasteiger charge is 2.21. The van der Waals surface area contributed by atoms with Gasteiger partial charge in [0.2, 0.25) is 5.89 Å². The van der Waals surface area contributed by atoms with Crippen molar-refractivity contribution in [3.8, 4) is 11.5 Å². The largest absolute Gasteiger partial charge is 0.452 e. The van der Waals surface area contributed by atoms with Crippen molar-refractivity contribution in [2.45, 2.75) is 0 Å². The number of benzene rings is 2. The lowest BCUT2D eigenvalue weighted by molar-refractivity contribution is -0.138. The first kappa shape index (κ1) is 17.2. The SMILES string of the molecule is O=C(OCC(=O)N1CCOCC1)c1ccccc1-c1nc2ccccc2o1. The number of amides is 1. The lowest BCUT2D eigenvalue weighted by Gasteiger charge is -2.26. The molecule has 0 saturated carbocycles. The van der Waals surface area contributed by atoms with Crippen molar-refractivity contribution in [1.29, 1.82) is 0 Å². The number of carbonyl (C=O) groups is 2. The summed E-state index contributed by atoms with van der Waals surface area (Å²) in [6, 6.07) is 14.3. The molecule has 27 heavy (non-hydrogen) atoms. The van der Waals surface area contributed by atoms with Crippen LogP contribution >= 0.6 is 0 Å². The highest BCUT2D eigenvalue weighted by molar-refractivity contribution is 5.97. The second kappa shape index (κ2) is 7.59. The van der Waals surface area contributed by atoms with Crippen molar-refractivity contribution in [2.24, 2.45) is 0 Å². The molecule has 3 aromatic rings. The minimum Gasteiger partial charge on any atom is -0.452 e. The minimum atomic E-state index is -0.588. The van der Waals surface area contributed by atoms with Gasteiger partial charge in [-0.3, -0.25) is 4.79 Å². The zero-order chi connectivity index (χ0) is 18.6. The Morgan fingerprint density at radius 2 is 1.78 bits per heavy atom. The smallest absolute Gasteiger partial charge is 0.339 e. The molecule has 0 aliphatic carbocycles. The molecule has 0 bridgehead atoms. The van der Waals surface area contributed by atoms with Crippen LogP contribution in [0, 0.1) is 0 Å². The number of aromatic nitrogens is 1. The zero-order valence-electron chi connectivity index (χ0n) is 14.6. The normalized spacial score (nSPS) is 14.3. The lowest BCUT2D eigenvalue weighted by Crippen LogP contribution is -2.42. The maximum Gasteiger partial charge on any atom is 0.339 e. The van der Waals surface area contributed by atoms with E-state index in [-0.39, 0.29) is 12.5 Å². The molecule has 1 fully saturated rings. The Balaban J connectivity index is 1.51. The van der Waals surface area contributed by atoms with Crippen molar-refractivity contribution in [1.82, 2.24) is 9.88 Å². The molecule has 1 aliphatic heterocycles. The second-order valence-corrected chi connectivity index (χ2v) is 6.10. The topological polar surface area (TPSA) is 81.9 Å². The number of rotatable bonds is 4. The molecule has 7 nitrogen and oxygen atoms in total. The maximum absolute atomic E-state index is 12.6. The minimum absolute atomic E-state index is 0.231. The van der Waals surface area contributed by atoms with E-state index in [1.807, 2.05) is 24.3 Å². The van der Waals surface area contributed by atoms with Crippen LogP contribution in [0.1, 0.15) is 10.4 Å². The first-order valence-corrected chi connectivity index (χ1v) is 8.70. The van der Waals surface area contributed by atoms with Crippen LogP contribution in [0.5, 0.6) is 0 Å². The van der Waals surface area contributed by atoms with Gasteiger partial charge in [-0.15, -0.1) is 0 Å². The average Bonchev–Trinajstić information content (AvgIpc) is 3.16. The fraction of sp³-hybridized carbons (Fsp3) is 0.250. The van der Waals surface area contributed by atoms with Gasteiger partial charge in [0.15, 0.2) is 12.2 Å². The van der Waals surface area contributed by atoms with Crippen LogP contribution in [0.4, 0.5) is 0 Å². The number of nitrogens with zero attached hydrogens (tertiary/aromatic N) is 2. The Hall–Kier alpha value is -3.19. The first-order chi connectivity index (χ1) is 13.2. The van der Waals surface area contributed by atoms with Gasteiger partial charge >= 0.3 is 5.97 Å². The maximum atomic E-state index is 12.6. The third-order valence-corrected chi connectivity index (χ3v) is 4.36. The Labute approximate surface area is 155 Å². The number of hydrogen-bond donors (Lipinski definition) is 0.